The van der Waals surface area contributed by atoms with Crippen LogP contribution < -0.4 is 5.32 Å². The van der Waals surface area contributed by atoms with Crippen molar-refractivity contribution in [3.8, 4) is 0 Å². The topological polar surface area (TPSA) is 41.5 Å². The summed E-state index contributed by atoms with van der Waals surface area (Å²) < 4.78 is -2.09. The molecule has 1 N–H and O–H groups in total. The highest BCUT2D eigenvalue weighted by Gasteiger charge is 2.32. The van der Waals surface area contributed by atoms with Crippen molar-refractivity contribution in [2.45, 2.75) is 14.1 Å². The SMILES string of the molecule is O=C(NC1=CC(Cl)C(=NC(Cl)Cl)C(Cl)=C1)C(Cl)(Cl)Cl. The van der Waals surface area contributed by atoms with Gasteiger partial charge in [-0.1, -0.05) is 69.6 Å². The van der Waals surface area contributed by atoms with Gasteiger partial charge >= 0.3 is 0 Å². The maximum atomic E-state index is 11.5. The summed E-state index contributed by atoms with van der Waals surface area (Å²) in [5.41, 5.74) is 0.561. The lowest BCUT2D eigenvalue weighted by Crippen LogP contribution is -2.35. The van der Waals surface area contributed by atoms with Crippen LogP contribution in [0.1, 0.15) is 0 Å². The van der Waals surface area contributed by atoms with Gasteiger partial charge in [0.05, 0.1) is 16.1 Å². The number of rotatable bonds is 2. The molecule has 19 heavy (non-hydrogen) atoms. The molecule has 0 heterocycles. The van der Waals surface area contributed by atoms with E-state index in [-0.39, 0.29) is 16.4 Å². The third-order valence-electron chi connectivity index (χ3n) is 1.87. The van der Waals surface area contributed by atoms with Crippen molar-refractivity contribution in [2.24, 2.45) is 4.99 Å². The standard InChI is InChI=1S/C9H5Cl7N2O/c10-4-1-3(17-7(19)9(14,15)16)2-5(11)6(4)18-8(12)13/h1-2,4,8H,(H,17,19). The molecule has 0 bridgehead atoms. The maximum Gasteiger partial charge on any atom is 0.276 e. The van der Waals surface area contributed by atoms with E-state index >= 15 is 0 Å². The third-order valence-corrected chi connectivity index (χ3v) is 3.21. The largest absolute Gasteiger partial charge is 0.323 e. The second kappa shape index (κ2) is 7.08. The minimum absolute atomic E-state index is 0.174. The Morgan fingerprint density at radius 3 is 2.37 bits per heavy atom. The Labute approximate surface area is 144 Å². The molecule has 10 heteroatoms. The first-order chi connectivity index (χ1) is 8.61. The smallest absolute Gasteiger partial charge is 0.276 e. The molecule has 1 unspecified atom stereocenters. The summed E-state index contributed by atoms with van der Waals surface area (Å²) in [6.45, 7) is 0. The van der Waals surface area contributed by atoms with Gasteiger partial charge in [0.15, 0.2) is 4.96 Å². The second-order valence-electron chi connectivity index (χ2n) is 3.26. The van der Waals surface area contributed by atoms with Crippen LogP contribution in [-0.2, 0) is 4.79 Å². The molecule has 0 aromatic rings. The lowest BCUT2D eigenvalue weighted by atomic mass is 10.1. The molecule has 0 radical (unpaired) electrons. The van der Waals surface area contributed by atoms with Gasteiger partial charge in [-0.3, -0.25) is 9.79 Å². The summed E-state index contributed by atoms with van der Waals surface area (Å²) in [5, 5.41) is 1.81. The molecule has 1 aliphatic carbocycles. The fourth-order valence-corrected chi connectivity index (χ4v) is 2.15. The summed E-state index contributed by atoms with van der Waals surface area (Å²) in [6.07, 6.45) is 2.85. The average Bonchev–Trinajstić information content (AvgIpc) is 2.21. The zero-order chi connectivity index (χ0) is 14.8. The molecule has 1 aliphatic rings. The molecular formula is C9H5Cl7N2O. The summed E-state index contributed by atoms with van der Waals surface area (Å²) in [5.74, 6) is -0.832. The van der Waals surface area contributed by atoms with Crippen LogP contribution in [0.5, 0.6) is 0 Å². The Hall–Kier alpha value is 0.650. The van der Waals surface area contributed by atoms with E-state index in [1.54, 1.807) is 0 Å². The first-order valence-corrected chi connectivity index (χ1v) is 7.41. The van der Waals surface area contributed by atoms with E-state index in [1.807, 2.05) is 0 Å². The first-order valence-electron chi connectivity index (χ1n) is 4.58. The van der Waals surface area contributed by atoms with Gasteiger partial charge in [0, 0.05) is 5.70 Å². The molecule has 0 aromatic carbocycles. The number of carbonyl (C=O) groups excluding carboxylic acids is 1. The van der Waals surface area contributed by atoms with E-state index in [2.05, 4.69) is 10.3 Å². The van der Waals surface area contributed by atoms with Crippen LogP contribution in [0.25, 0.3) is 0 Å². The van der Waals surface area contributed by atoms with Crippen LogP contribution in [0.2, 0.25) is 0 Å². The van der Waals surface area contributed by atoms with Gasteiger partial charge in [-0.05, 0) is 12.2 Å². The highest BCUT2D eigenvalue weighted by Crippen LogP contribution is 2.28. The van der Waals surface area contributed by atoms with Crippen LogP contribution in [-0.4, -0.2) is 25.7 Å². The molecule has 0 saturated heterocycles. The Morgan fingerprint density at radius 2 is 1.95 bits per heavy atom. The van der Waals surface area contributed by atoms with Crippen molar-refractivity contribution < 1.29 is 4.79 Å². The van der Waals surface area contributed by atoms with E-state index in [4.69, 9.17) is 81.2 Å². The minimum atomic E-state index is -2.09. The lowest BCUT2D eigenvalue weighted by Gasteiger charge is -2.19. The maximum absolute atomic E-state index is 11.5. The third kappa shape index (κ3) is 5.50. The Kier molecular flexibility index (Phi) is 6.59. The number of allylic oxidation sites excluding steroid dienone is 3. The monoisotopic (exact) mass is 402 g/mol. The Balaban J connectivity index is 2.90. The number of alkyl halides is 6. The Morgan fingerprint density at radius 1 is 1.37 bits per heavy atom. The zero-order valence-electron chi connectivity index (χ0n) is 8.81. The van der Waals surface area contributed by atoms with E-state index in [1.165, 1.54) is 12.2 Å². The number of aliphatic imine (C=N–C) groups is 1. The lowest BCUT2D eigenvalue weighted by molar-refractivity contribution is -0.119. The molecule has 0 aliphatic heterocycles. The molecule has 1 amide bonds. The van der Waals surface area contributed by atoms with Gasteiger partial charge < -0.3 is 5.32 Å². The average molecular weight is 405 g/mol. The van der Waals surface area contributed by atoms with E-state index < -0.39 is 20.0 Å². The summed E-state index contributed by atoms with van der Waals surface area (Å²) >= 11 is 39.2. The summed E-state index contributed by atoms with van der Waals surface area (Å²) in [6, 6.07) is 0. The fourth-order valence-electron chi connectivity index (χ4n) is 1.14. The van der Waals surface area contributed by atoms with Gasteiger partial charge in [-0.15, -0.1) is 11.6 Å². The quantitative estimate of drug-likeness (QED) is 0.540. The number of hydrogen-bond donors (Lipinski definition) is 1. The molecule has 106 valence electrons. The highest BCUT2D eigenvalue weighted by molar-refractivity contribution is 6.76. The van der Waals surface area contributed by atoms with Gasteiger partial charge in [0.1, 0.15) is 0 Å². The Bertz CT molecular complexity index is 464. The minimum Gasteiger partial charge on any atom is -0.323 e. The first kappa shape index (κ1) is 17.7. The van der Waals surface area contributed by atoms with Gasteiger partial charge in [-0.25, -0.2) is 0 Å². The fraction of sp³-hybridized carbons (Fsp3) is 0.333. The van der Waals surface area contributed by atoms with Crippen molar-refractivity contribution in [1.29, 1.82) is 0 Å². The molecule has 1 atom stereocenters. The van der Waals surface area contributed by atoms with Crippen molar-refractivity contribution in [1.82, 2.24) is 5.32 Å². The van der Waals surface area contributed by atoms with Crippen molar-refractivity contribution in [2.75, 3.05) is 0 Å². The van der Waals surface area contributed by atoms with Gasteiger partial charge in [-0.2, -0.15) is 0 Å². The number of nitrogens with one attached hydrogen (secondary N) is 1. The number of hydrogen-bond acceptors (Lipinski definition) is 2. The van der Waals surface area contributed by atoms with E-state index in [0.29, 0.717) is 0 Å². The number of carbonyl (C=O) groups is 1. The molecule has 0 fully saturated rings. The van der Waals surface area contributed by atoms with Crippen molar-refractivity contribution >= 4 is 92.8 Å². The van der Waals surface area contributed by atoms with Crippen molar-refractivity contribution in [3.05, 3.63) is 22.9 Å². The second-order valence-corrected chi connectivity index (χ2v) is 7.47. The van der Waals surface area contributed by atoms with Crippen LogP contribution in [0.4, 0.5) is 0 Å². The number of nitrogens with zero attached hydrogens (tertiary/aromatic N) is 1. The van der Waals surface area contributed by atoms with Crippen LogP contribution >= 0.6 is 81.2 Å². The normalized spacial score (nSPS) is 22.3. The van der Waals surface area contributed by atoms with Crippen LogP contribution in [0.3, 0.4) is 0 Å². The van der Waals surface area contributed by atoms with Gasteiger partial charge in [0.2, 0.25) is 0 Å². The zero-order valence-corrected chi connectivity index (χ0v) is 14.1. The van der Waals surface area contributed by atoms with Crippen LogP contribution in [0, 0.1) is 0 Å². The van der Waals surface area contributed by atoms with E-state index in [0.717, 1.165) is 0 Å². The van der Waals surface area contributed by atoms with Gasteiger partial charge in [0.25, 0.3) is 9.70 Å². The molecule has 0 spiro atoms. The van der Waals surface area contributed by atoms with Crippen molar-refractivity contribution in [3.63, 3.8) is 0 Å². The summed E-state index contributed by atoms with van der Waals surface area (Å²) in [7, 11) is 0. The molecule has 0 aromatic heterocycles. The predicted octanol–water partition coefficient (Wildman–Crippen LogP) is 4.30. The molecule has 3 nitrogen and oxygen atoms in total. The predicted molar refractivity (Wildman–Crippen MR) is 83.0 cm³/mol. The highest BCUT2D eigenvalue weighted by atomic mass is 35.6. The number of halogens is 7. The summed E-state index contributed by atoms with van der Waals surface area (Å²) in [4.78, 5) is 14.3. The van der Waals surface area contributed by atoms with E-state index in [9.17, 15) is 4.79 Å². The van der Waals surface area contributed by atoms with Crippen LogP contribution in [0.15, 0.2) is 27.9 Å². The number of amides is 1. The molecule has 0 saturated carbocycles. The molecular weight excluding hydrogens is 400 g/mol. The molecule has 1 rings (SSSR count).